The van der Waals surface area contributed by atoms with E-state index in [1.807, 2.05) is 26.0 Å². The largest absolute Gasteiger partial charge is 0.386 e. The van der Waals surface area contributed by atoms with Crippen LogP contribution in [0.3, 0.4) is 0 Å². The maximum Gasteiger partial charge on any atom is 0.0849 e. The third-order valence-corrected chi connectivity index (χ3v) is 4.28. The summed E-state index contributed by atoms with van der Waals surface area (Å²) in [6.07, 6.45) is 4.52. The summed E-state index contributed by atoms with van der Waals surface area (Å²) in [7, 11) is 0. The summed E-state index contributed by atoms with van der Waals surface area (Å²) in [4.78, 5) is 0. The van der Waals surface area contributed by atoms with Crippen LogP contribution < -0.4 is 0 Å². The summed E-state index contributed by atoms with van der Waals surface area (Å²) in [5.41, 5.74) is 4.04. The van der Waals surface area contributed by atoms with Gasteiger partial charge in [-0.05, 0) is 49.6 Å². The molecule has 0 fully saturated rings. The van der Waals surface area contributed by atoms with E-state index < -0.39 is 5.60 Å². The van der Waals surface area contributed by atoms with Crippen molar-refractivity contribution in [1.29, 1.82) is 0 Å². The van der Waals surface area contributed by atoms with E-state index in [1.165, 1.54) is 22.1 Å². The zero-order valence-electron chi connectivity index (χ0n) is 13.1. The molecule has 0 spiro atoms. The third-order valence-electron chi connectivity index (χ3n) is 4.28. The van der Waals surface area contributed by atoms with Crippen molar-refractivity contribution in [2.24, 2.45) is 0 Å². The van der Waals surface area contributed by atoms with Crippen molar-refractivity contribution in [3.05, 3.63) is 70.8 Å². The second-order valence-electron chi connectivity index (χ2n) is 6.59. The Morgan fingerprint density at radius 3 is 2.33 bits per heavy atom. The molecule has 0 aliphatic heterocycles. The number of aliphatic hydroxyl groups is 1. The molecule has 0 saturated carbocycles. The monoisotopic (exact) mass is 278 g/mol. The standard InChI is InChI=1S/C20H22O/c1-13-11-14(2)18(12-13)17-10-9-15-7-5-6-8-16(15)19(17)20(3,4)21/h5-12,18,21H,1-4H3. The lowest BCUT2D eigenvalue weighted by Gasteiger charge is -2.27. The molecule has 1 N–H and O–H groups in total. The summed E-state index contributed by atoms with van der Waals surface area (Å²) in [5.74, 6) is 0.274. The van der Waals surface area contributed by atoms with Crippen LogP contribution in [-0.4, -0.2) is 5.11 Å². The Morgan fingerprint density at radius 1 is 1.00 bits per heavy atom. The van der Waals surface area contributed by atoms with Crippen LogP contribution in [0.25, 0.3) is 10.8 Å². The van der Waals surface area contributed by atoms with Crippen LogP contribution in [0, 0.1) is 0 Å². The van der Waals surface area contributed by atoms with Gasteiger partial charge in [0, 0.05) is 5.92 Å². The van der Waals surface area contributed by atoms with Crippen LogP contribution in [0.2, 0.25) is 0 Å². The lowest BCUT2D eigenvalue weighted by Crippen LogP contribution is -2.20. The molecule has 21 heavy (non-hydrogen) atoms. The Morgan fingerprint density at radius 2 is 1.71 bits per heavy atom. The molecule has 1 aliphatic rings. The molecule has 0 aromatic heterocycles. The maximum absolute atomic E-state index is 10.7. The first kappa shape index (κ1) is 14.1. The Labute approximate surface area is 126 Å². The van der Waals surface area contributed by atoms with E-state index in [1.54, 1.807) is 0 Å². The van der Waals surface area contributed by atoms with Crippen molar-refractivity contribution in [1.82, 2.24) is 0 Å². The zero-order valence-corrected chi connectivity index (χ0v) is 13.1. The highest BCUT2D eigenvalue weighted by Gasteiger charge is 2.27. The average Bonchev–Trinajstić information content (AvgIpc) is 2.75. The molecule has 1 nitrogen and oxygen atoms in total. The van der Waals surface area contributed by atoms with Crippen molar-refractivity contribution in [2.45, 2.75) is 39.2 Å². The Bertz CT molecular complexity index is 757. The van der Waals surface area contributed by atoms with Gasteiger partial charge in [-0.2, -0.15) is 0 Å². The van der Waals surface area contributed by atoms with E-state index in [4.69, 9.17) is 0 Å². The first-order valence-corrected chi connectivity index (χ1v) is 7.49. The van der Waals surface area contributed by atoms with Gasteiger partial charge in [0.2, 0.25) is 0 Å². The van der Waals surface area contributed by atoms with E-state index in [0.29, 0.717) is 0 Å². The Balaban J connectivity index is 2.31. The van der Waals surface area contributed by atoms with E-state index in [-0.39, 0.29) is 5.92 Å². The minimum atomic E-state index is -0.860. The number of rotatable bonds is 2. The zero-order chi connectivity index (χ0) is 15.2. The normalized spacial score (nSPS) is 18.8. The fraction of sp³-hybridized carbons (Fsp3) is 0.300. The van der Waals surface area contributed by atoms with Gasteiger partial charge >= 0.3 is 0 Å². The quantitative estimate of drug-likeness (QED) is 0.814. The molecule has 0 bridgehead atoms. The van der Waals surface area contributed by atoms with Gasteiger partial charge in [0.05, 0.1) is 5.60 Å². The molecule has 2 aromatic rings. The fourth-order valence-electron chi connectivity index (χ4n) is 3.46. The molecule has 1 heteroatoms. The average molecular weight is 278 g/mol. The highest BCUT2D eigenvalue weighted by Crippen LogP contribution is 2.41. The van der Waals surface area contributed by atoms with Crippen LogP contribution in [-0.2, 0) is 5.60 Å². The van der Waals surface area contributed by atoms with E-state index in [2.05, 4.69) is 50.3 Å². The van der Waals surface area contributed by atoms with Crippen molar-refractivity contribution >= 4 is 10.8 Å². The summed E-state index contributed by atoms with van der Waals surface area (Å²) in [6, 6.07) is 12.6. The number of fused-ring (bicyclic) bond motifs is 1. The lowest BCUT2D eigenvalue weighted by molar-refractivity contribution is 0.0792. The molecule has 0 saturated heterocycles. The Kier molecular flexibility index (Phi) is 3.26. The highest BCUT2D eigenvalue weighted by atomic mass is 16.3. The summed E-state index contributed by atoms with van der Waals surface area (Å²) >= 11 is 0. The molecule has 1 atom stereocenters. The SMILES string of the molecule is CC1=CC(c2ccc3ccccc3c2C(C)(C)O)C(C)=C1. The fourth-order valence-corrected chi connectivity index (χ4v) is 3.46. The molecule has 0 radical (unpaired) electrons. The number of hydrogen-bond donors (Lipinski definition) is 1. The van der Waals surface area contributed by atoms with Crippen LogP contribution in [0.4, 0.5) is 0 Å². The second-order valence-corrected chi connectivity index (χ2v) is 6.59. The molecule has 0 heterocycles. The van der Waals surface area contributed by atoms with Crippen molar-refractivity contribution in [2.75, 3.05) is 0 Å². The Hall–Kier alpha value is -1.86. The van der Waals surface area contributed by atoms with Crippen LogP contribution in [0.15, 0.2) is 59.7 Å². The molecular formula is C20H22O. The highest BCUT2D eigenvalue weighted by molar-refractivity contribution is 5.88. The topological polar surface area (TPSA) is 20.2 Å². The first-order valence-electron chi connectivity index (χ1n) is 7.49. The van der Waals surface area contributed by atoms with Gasteiger partial charge in [0.15, 0.2) is 0 Å². The molecule has 2 aromatic carbocycles. The first-order chi connectivity index (χ1) is 9.88. The molecule has 108 valence electrons. The van der Waals surface area contributed by atoms with Gasteiger partial charge in [-0.15, -0.1) is 0 Å². The predicted molar refractivity (Wildman–Crippen MR) is 89.4 cm³/mol. The van der Waals surface area contributed by atoms with E-state index in [9.17, 15) is 5.11 Å². The van der Waals surface area contributed by atoms with Gasteiger partial charge in [0.25, 0.3) is 0 Å². The molecule has 0 amide bonds. The second kappa shape index (κ2) is 4.85. The number of benzene rings is 2. The van der Waals surface area contributed by atoms with Gasteiger partial charge in [-0.1, -0.05) is 59.7 Å². The third kappa shape index (κ3) is 2.43. The maximum atomic E-state index is 10.7. The van der Waals surface area contributed by atoms with Crippen molar-refractivity contribution in [3.63, 3.8) is 0 Å². The lowest BCUT2D eigenvalue weighted by atomic mass is 9.81. The van der Waals surface area contributed by atoms with Gasteiger partial charge in [0.1, 0.15) is 0 Å². The predicted octanol–water partition coefficient (Wildman–Crippen LogP) is 5.06. The summed E-state index contributed by atoms with van der Waals surface area (Å²) in [5, 5.41) is 13.1. The summed E-state index contributed by atoms with van der Waals surface area (Å²) in [6.45, 7) is 8.06. The number of allylic oxidation sites excluding steroid dienone is 4. The molecular weight excluding hydrogens is 256 g/mol. The van der Waals surface area contributed by atoms with Crippen LogP contribution in [0.1, 0.15) is 44.7 Å². The molecule has 1 unspecified atom stereocenters. The van der Waals surface area contributed by atoms with Gasteiger partial charge in [-0.3, -0.25) is 0 Å². The van der Waals surface area contributed by atoms with Gasteiger partial charge in [-0.25, -0.2) is 0 Å². The van der Waals surface area contributed by atoms with E-state index >= 15 is 0 Å². The van der Waals surface area contributed by atoms with Crippen LogP contribution >= 0.6 is 0 Å². The van der Waals surface area contributed by atoms with Crippen molar-refractivity contribution < 1.29 is 5.11 Å². The molecule has 3 rings (SSSR count). The molecule has 1 aliphatic carbocycles. The van der Waals surface area contributed by atoms with E-state index in [0.717, 1.165) is 10.9 Å². The minimum Gasteiger partial charge on any atom is -0.386 e. The number of hydrogen-bond acceptors (Lipinski definition) is 1. The smallest absolute Gasteiger partial charge is 0.0849 e. The summed E-state index contributed by atoms with van der Waals surface area (Å²) < 4.78 is 0. The van der Waals surface area contributed by atoms with Crippen molar-refractivity contribution in [3.8, 4) is 0 Å². The minimum absolute atomic E-state index is 0.274. The van der Waals surface area contributed by atoms with Gasteiger partial charge < -0.3 is 5.11 Å². The van der Waals surface area contributed by atoms with Crippen LogP contribution in [0.5, 0.6) is 0 Å².